The van der Waals surface area contributed by atoms with Crippen LogP contribution < -0.4 is 15.2 Å². The van der Waals surface area contributed by atoms with Crippen molar-refractivity contribution in [3.8, 4) is 11.5 Å². The second-order valence-corrected chi connectivity index (χ2v) is 5.27. The molecule has 1 aliphatic heterocycles. The number of nitrogen functional groups attached to an aromatic ring is 1. The van der Waals surface area contributed by atoms with Crippen LogP contribution in [0.2, 0.25) is 0 Å². The molecule has 6 heteroatoms. The summed E-state index contributed by atoms with van der Waals surface area (Å²) >= 11 is 0. The van der Waals surface area contributed by atoms with Crippen molar-refractivity contribution in [1.29, 1.82) is 0 Å². The average Bonchev–Trinajstić information content (AvgIpc) is 2.82. The lowest BCUT2D eigenvalue weighted by atomic mass is 10.1. The summed E-state index contributed by atoms with van der Waals surface area (Å²) in [4.78, 5) is 4.41. The molecule has 6 nitrogen and oxygen atoms in total. The van der Waals surface area contributed by atoms with Crippen LogP contribution in [0.5, 0.6) is 11.5 Å². The van der Waals surface area contributed by atoms with Gasteiger partial charge in [0, 0.05) is 18.7 Å². The van der Waals surface area contributed by atoms with Crippen LogP contribution in [0.4, 0.5) is 5.95 Å². The summed E-state index contributed by atoms with van der Waals surface area (Å²) < 4.78 is 18.5. The number of anilines is 1. The lowest BCUT2D eigenvalue weighted by molar-refractivity contribution is 0.00694. The number of benzene rings is 1. The van der Waals surface area contributed by atoms with Crippen LogP contribution in [-0.2, 0) is 11.3 Å². The first-order valence-corrected chi connectivity index (χ1v) is 7.22. The lowest BCUT2D eigenvalue weighted by Crippen LogP contribution is -2.25. The number of hydrogen-bond donors (Lipinski definition) is 1. The van der Waals surface area contributed by atoms with Gasteiger partial charge in [0.05, 0.1) is 37.9 Å². The molecule has 0 aliphatic carbocycles. The van der Waals surface area contributed by atoms with Crippen molar-refractivity contribution in [3.63, 3.8) is 0 Å². The van der Waals surface area contributed by atoms with Crippen molar-refractivity contribution in [2.45, 2.75) is 31.9 Å². The maximum atomic E-state index is 6.07. The highest BCUT2D eigenvalue weighted by Crippen LogP contribution is 2.33. The monoisotopic (exact) mass is 291 g/mol. The van der Waals surface area contributed by atoms with E-state index < -0.39 is 0 Å². The molecule has 1 aliphatic rings. The van der Waals surface area contributed by atoms with E-state index in [1.807, 2.05) is 16.7 Å². The van der Waals surface area contributed by atoms with E-state index in [2.05, 4.69) is 4.98 Å². The zero-order valence-electron chi connectivity index (χ0n) is 12.5. The highest BCUT2D eigenvalue weighted by Gasteiger charge is 2.19. The Kier molecular flexibility index (Phi) is 3.88. The Morgan fingerprint density at radius 2 is 2.05 bits per heavy atom. The molecule has 1 fully saturated rings. The zero-order valence-corrected chi connectivity index (χ0v) is 12.5. The molecule has 0 radical (unpaired) electrons. The number of rotatable bonds is 4. The highest BCUT2D eigenvalue weighted by molar-refractivity contribution is 5.82. The number of nitrogens with zero attached hydrogens (tertiary/aromatic N) is 2. The highest BCUT2D eigenvalue weighted by atomic mass is 16.5. The quantitative estimate of drug-likeness (QED) is 0.935. The summed E-state index contributed by atoms with van der Waals surface area (Å²) in [7, 11) is 3.23. The molecule has 2 N–H and O–H groups in total. The van der Waals surface area contributed by atoms with Crippen molar-refractivity contribution < 1.29 is 14.2 Å². The minimum atomic E-state index is 0.201. The molecule has 2 aromatic rings. The van der Waals surface area contributed by atoms with Crippen LogP contribution in [0.25, 0.3) is 11.0 Å². The molecule has 114 valence electrons. The summed E-state index contributed by atoms with van der Waals surface area (Å²) in [6.45, 7) is 1.55. The van der Waals surface area contributed by atoms with Crippen LogP contribution in [-0.4, -0.2) is 36.5 Å². The van der Waals surface area contributed by atoms with Gasteiger partial charge in [-0.3, -0.25) is 0 Å². The molecule has 0 saturated carbocycles. The van der Waals surface area contributed by atoms with Gasteiger partial charge in [-0.1, -0.05) is 0 Å². The van der Waals surface area contributed by atoms with Gasteiger partial charge in [-0.15, -0.1) is 0 Å². The molecule has 21 heavy (non-hydrogen) atoms. The number of imidazole rings is 1. The van der Waals surface area contributed by atoms with E-state index in [0.29, 0.717) is 17.4 Å². The average molecular weight is 291 g/mol. The lowest BCUT2D eigenvalue weighted by Gasteiger charge is -2.23. The maximum Gasteiger partial charge on any atom is 0.201 e. The summed E-state index contributed by atoms with van der Waals surface area (Å²) in [6.07, 6.45) is 3.61. The minimum Gasteiger partial charge on any atom is -0.493 e. The number of fused-ring (bicyclic) bond motifs is 1. The molecular weight excluding hydrogens is 270 g/mol. The Balaban J connectivity index is 1.98. The van der Waals surface area contributed by atoms with Crippen LogP contribution in [0.15, 0.2) is 12.1 Å². The van der Waals surface area contributed by atoms with Gasteiger partial charge in [0.25, 0.3) is 0 Å². The van der Waals surface area contributed by atoms with E-state index in [4.69, 9.17) is 19.9 Å². The number of hydrogen-bond acceptors (Lipinski definition) is 5. The van der Waals surface area contributed by atoms with Crippen LogP contribution in [0.3, 0.4) is 0 Å². The fourth-order valence-corrected chi connectivity index (χ4v) is 2.82. The van der Waals surface area contributed by atoms with Gasteiger partial charge in [-0.25, -0.2) is 4.98 Å². The summed E-state index contributed by atoms with van der Waals surface area (Å²) in [5.74, 6) is 1.83. The molecule has 0 bridgehead atoms. The normalized spacial score (nSPS) is 18.9. The second-order valence-electron chi connectivity index (χ2n) is 5.27. The number of ether oxygens (including phenoxy) is 3. The van der Waals surface area contributed by atoms with Crippen molar-refractivity contribution >= 4 is 17.0 Å². The van der Waals surface area contributed by atoms with Gasteiger partial charge in [0.15, 0.2) is 11.5 Å². The summed E-state index contributed by atoms with van der Waals surface area (Å²) in [5.41, 5.74) is 7.82. The van der Waals surface area contributed by atoms with Crippen molar-refractivity contribution in [2.75, 3.05) is 26.6 Å². The van der Waals surface area contributed by atoms with E-state index in [1.54, 1.807) is 14.2 Å². The number of nitrogens with two attached hydrogens (primary N) is 1. The fraction of sp³-hybridized carbons (Fsp3) is 0.533. The van der Waals surface area contributed by atoms with Gasteiger partial charge in [-0.05, 0) is 19.3 Å². The van der Waals surface area contributed by atoms with Gasteiger partial charge in [-0.2, -0.15) is 0 Å². The zero-order chi connectivity index (χ0) is 14.8. The SMILES string of the molecule is COc1cc2nc(N)n(CC3CCCCO3)c2cc1OC. The van der Waals surface area contributed by atoms with Crippen molar-refractivity contribution in [3.05, 3.63) is 12.1 Å². The number of aromatic nitrogens is 2. The van der Waals surface area contributed by atoms with Crippen molar-refractivity contribution in [1.82, 2.24) is 9.55 Å². The molecule has 1 atom stereocenters. The molecule has 1 unspecified atom stereocenters. The molecule has 2 heterocycles. The molecule has 1 aromatic carbocycles. The molecule has 0 amide bonds. The van der Waals surface area contributed by atoms with E-state index >= 15 is 0 Å². The first kappa shape index (κ1) is 14.0. The van der Waals surface area contributed by atoms with Crippen LogP contribution in [0.1, 0.15) is 19.3 Å². The minimum absolute atomic E-state index is 0.201. The Labute approximate surface area is 123 Å². The number of methoxy groups -OCH3 is 2. The van der Waals surface area contributed by atoms with E-state index in [-0.39, 0.29) is 6.10 Å². The third-order valence-electron chi connectivity index (χ3n) is 3.94. The first-order valence-electron chi connectivity index (χ1n) is 7.22. The molecule has 1 aromatic heterocycles. The van der Waals surface area contributed by atoms with Gasteiger partial charge >= 0.3 is 0 Å². The molecular formula is C15H21N3O3. The first-order chi connectivity index (χ1) is 10.2. The summed E-state index contributed by atoms with van der Waals surface area (Å²) in [6, 6.07) is 3.77. The van der Waals surface area contributed by atoms with Crippen molar-refractivity contribution in [2.24, 2.45) is 0 Å². The molecule has 3 rings (SSSR count). The van der Waals surface area contributed by atoms with E-state index in [9.17, 15) is 0 Å². The predicted octanol–water partition coefficient (Wildman–Crippen LogP) is 2.20. The maximum absolute atomic E-state index is 6.07. The molecule has 0 spiro atoms. The third kappa shape index (κ3) is 2.63. The second kappa shape index (κ2) is 5.81. The standard InChI is InChI=1S/C15H21N3O3/c1-19-13-7-11-12(8-14(13)20-2)18(15(16)17-11)9-10-5-3-4-6-21-10/h7-8,10H,3-6,9H2,1-2H3,(H2,16,17). The third-order valence-corrected chi connectivity index (χ3v) is 3.94. The van der Waals surface area contributed by atoms with E-state index in [1.165, 1.54) is 6.42 Å². The van der Waals surface area contributed by atoms with Gasteiger partial charge in [0.1, 0.15) is 0 Å². The Bertz CT molecular complexity index is 633. The largest absolute Gasteiger partial charge is 0.493 e. The molecule has 1 saturated heterocycles. The van der Waals surface area contributed by atoms with Gasteiger partial charge in [0.2, 0.25) is 5.95 Å². The van der Waals surface area contributed by atoms with Crippen LogP contribution >= 0.6 is 0 Å². The fourth-order valence-electron chi connectivity index (χ4n) is 2.82. The Morgan fingerprint density at radius 1 is 1.29 bits per heavy atom. The topological polar surface area (TPSA) is 71.5 Å². The Morgan fingerprint density at radius 3 is 2.71 bits per heavy atom. The summed E-state index contributed by atoms with van der Waals surface area (Å²) in [5, 5.41) is 0. The predicted molar refractivity (Wildman–Crippen MR) is 80.8 cm³/mol. The Hall–Kier alpha value is -1.95. The van der Waals surface area contributed by atoms with Crippen LogP contribution in [0, 0.1) is 0 Å². The van der Waals surface area contributed by atoms with Gasteiger partial charge < -0.3 is 24.5 Å². The van der Waals surface area contributed by atoms with E-state index in [0.717, 1.165) is 37.0 Å². The smallest absolute Gasteiger partial charge is 0.201 e.